The van der Waals surface area contributed by atoms with E-state index in [9.17, 15) is 9.90 Å². The summed E-state index contributed by atoms with van der Waals surface area (Å²) < 4.78 is 2.39. The molecule has 2 aromatic heterocycles. The van der Waals surface area contributed by atoms with Gasteiger partial charge in [-0.15, -0.1) is 11.3 Å². The molecule has 1 aromatic carbocycles. The van der Waals surface area contributed by atoms with Gasteiger partial charge < -0.3 is 5.11 Å². The van der Waals surface area contributed by atoms with Gasteiger partial charge in [-0.2, -0.15) is 5.10 Å². The molecule has 4 nitrogen and oxygen atoms in total. The van der Waals surface area contributed by atoms with Crippen LogP contribution in [0.5, 0.6) is 0 Å². The number of carboxylic acids is 1. The van der Waals surface area contributed by atoms with Crippen LogP contribution in [0.15, 0.2) is 30.3 Å². The Kier molecular flexibility index (Phi) is 4.73. The summed E-state index contributed by atoms with van der Waals surface area (Å²) in [5.74, 6) is -1.46. The summed E-state index contributed by atoms with van der Waals surface area (Å²) in [6.07, 6.45) is 2.16. The molecular weight excluding hydrogens is 415 g/mol. The first-order valence-corrected chi connectivity index (χ1v) is 9.96. The van der Waals surface area contributed by atoms with Gasteiger partial charge in [0.1, 0.15) is 5.92 Å². The molecule has 1 atom stereocenters. The quantitative estimate of drug-likeness (QED) is 0.552. The molecule has 1 aliphatic carbocycles. The van der Waals surface area contributed by atoms with Crippen molar-refractivity contribution in [1.82, 2.24) is 9.78 Å². The number of aromatic nitrogens is 2. The van der Waals surface area contributed by atoms with Gasteiger partial charge in [0.15, 0.2) is 0 Å². The number of benzene rings is 1. The normalized spacial score (nSPS) is 16.5. The zero-order chi connectivity index (χ0) is 18.4. The van der Waals surface area contributed by atoms with Gasteiger partial charge in [-0.05, 0) is 49.6 Å². The Morgan fingerprint density at radius 3 is 2.69 bits per heavy atom. The predicted molar refractivity (Wildman–Crippen MR) is 105 cm³/mol. The lowest BCUT2D eigenvalue weighted by atomic mass is 9.86. The van der Waals surface area contributed by atoms with Crippen LogP contribution >= 0.6 is 46.1 Å². The number of nitrogens with zero attached hydrogens (tertiary/aromatic N) is 2. The Morgan fingerprint density at radius 2 is 2.04 bits per heavy atom. The molecule has 0 amide bonds. The van der Waals surface area contributed by atoms with Crippen molar-refractivity contribution in [2.45, 2.75) is 25.2 Å². The zero-order valence-corrected chi connectivity index (χ0v) is 16.5. The smallest absolute Gasteiger partial charge is 0.312 e. The lowest BCUT2D eigenvalue weighted by Crippen LogP contribution is -2.17. The number of carboxylic acid groups (broad SMARTS) is 1. The predicted octanol–water partition coefficient (Wildman–Crippen LogP) is 6.07. The van der Waals surface area contributed by atoms with Crippen molar-refractivity contribution in [2.24, 2.45) is 0 Å². The van der Waals surface area contributed by atoms with Crippen LogP contribution in [0.1, 0.15) is 30.0 Å². The Bertz CT molecular complexity index is 1010. The molecule has 0 radical (unpaired) electrons. The molecule has 4 rings (SSSR count). The highest BCUT2D eigenvalue weighted by Crippen LogP contribution is 2.42. The summed E-state index contributed by atoms with van der Waals surface area (Å²) in [6.45, 7) is 0. The minimum atomic E-state index is -0.853. The van der Waals surface area contributed by atoms with E-state index in [-0.39, 0.29) is 0 Å². The molecular formula is C18H13Cl3N2O2S. The number of fused-ring (bicyclic) bond motifs is 1. The molecule has 1 N–H and O–H groups in total. The summed E-state index contributed by atoms with van der Waals surface area (Å²) in [7, 11) is 0. The van der Waals surface area contributed by atoms with Crippen LogP contribution < -0.4 is 0 Å². The first kappa shape index (κ1) is 17.9. The van der Waals surface area contributed by atoms with Crippen molar-refractivity contribution in [1.29, 1.82) is 0 Å². The Balaban J connectivity index is 2.00. The van der Waals surface area contributed by atoms with Gasteiger partial charge in [0, 0.05) is 10.6 Å². The molecule has 8 heteroatoms. The summed E-state index contributed by atoms with van der Waals surface area (Å²) in [6, 6.07) is 8.93. The highest BCUT2D eigenvalue weighted by molar-refractivity contribution is 7.19. The average Bonchev–Trinajstić information content (AvgIpc) is 3.17. The standard InChI is InChI=1S/C18H13Cl3N2O2S/c19-9-4-5-13(12(20)8-9)23-17(14-6-7-15(21)26-14)10-2-1-3-11(18(24)25)16(10)22-23/h4-8,11H,1-3H2,(H,24,25)/t11-/m1/s1. The topological polar surface area (TPSA) is 55.1 Å². The number of hydrogen-bond acceptors (Lipinski definition) is 3. The molecule has 1 aliphatic rings. The Morgan fingerprint density at radius 1 is 1.23 bits per heavy atom. The molecule has 0 spiro atoms. The number of carbonyl (C=O) groups is 1. The summed E-state index contributed by atoms with van der Waals surface area (Å²) in [4.78, 5) is 12.6. The van der Waals surface area contributed by atoms with Crippen molar-refractivity contribution < 1.29 is 9.90 Å². The van der Waals surface area contributed by atoms with Crippen LogP contribution in [0.3, 0.4) is 0 Å². The molecule has 134 valence electrons. The highest BCUT2D eigenvalue weighted by Gasteiger charge is 2.33. The fourth-order valence-electron chi connectivity index (χ4n) is 3.38. The van der Waals surface area contributed by atoms with E-state index < -0.39 is 11.9 Å². The van der Waals surface area contributed by atoms with Crippen molar-refractivity contribution >= 4 is 52.1 Å². The molecule has 0 saturated heterocycles. The Labute approximate surface area is 168 Å². The van der Waals surface area contributed by atoms with Crippen molar-refractivity contribution in [3.05, 3.63) is 56.0 Å². The molecule has 0 unspecified atom stereocenters. The third-order valence-corrected chi connectivity index (χ3v) is 6.28. The van der Waals surface area contributed by atoms with Gasteiger partial charge in [-0.1, -0.05) is 34.8 Å². The van der Waals surface area contributed by atoms with Crippen LogP contribution in [0.25, 0.3) is 16.3 Å². The van der Waals surface area contributed by atoms with Crippen LogP contribution in [-0.2, 0) is 11.2 Å². The number of hydrogen-bond donors (Lipinski definition) is 1. The fourth-order valence-corrected chi connectivity index (χ4v) is 4.97. The van der Waals surface area contributed by atoms with E-state index in [4.69, 9.17) is 34.8 Å². The zero-order valence-electron chi connectivity index (χ0n) is 13.4. The first-order chi connectivity index (χ1) is 12.5. The van der Waals surface area contributed by atoms with E-state index in [1.165, 1.54) is 11.3 Å². The Hall–Kier alpha value is -1.53. The van der Waals surface area contributed by atoms with Crippen LogP contribution in [-0.4, -0.2) is 20.9 Å². The SMILES string of the molecule is O=C(O)[C@@H]1CCCc2c1nn(-c1ccc(Cl)cc1Cl)c2-c1ccc(Cl)s1. The largest absolute Gasteiger partial charge is 0.481 e. The van der Waals surface area contributed by atoms with Crippen molar-refractivity contribution in [3.63, 3.8) is 0 Å². The van der Waals surface area contributed by atoms with Gasteiger partial charge in [-0.3, -0.25) is 4.79 Å². The monoisotopic (exact) mass is 426 g/mol. The van der Waals surface area contributed by atoms with E-state index >= 15 is 0 Å². The van der Waals surface area contributed by atoms with Crippen molar-refractivity contribution in [3.8, 4) is 16.3 Å². The molecule has 2 heterocycles. The van der Waals surface area contributed by atoms with E-state index in [0.717, 1.165) is 29.0 Å². The summed E-state index contributed by atoms with van der Waals surface area (Å²) in [5.41, 5.74) is 3.07. The van der Waals surface area contributed by atoms with E-state index in [2.05, 4.69) is 5.10 Å². The van der Waals surface area contributed by atoms with Gasteiger partial charge in [0.05, 0.1) is 31.3 Å². The van der Waals surface area contributed by atoms with Crippen LogP contribution in [0.2, 0.25) is 14.4 Å². The fraction of sp³-hybridized carbons (Fsp3) is 0.222. The highest BCUT2D eigenvalue weighted by atomic mass is 35.5. The molecule has 0 aliphatic heterocycles. The summed E-state index contributed by atoms with van der Waals surface area (Å²) >= 11 is 20.0. The second-order valence-electron chi connectivity index (χ2n) is 6.11. The molecule has 0 saturated carbocycles. The van der Waals surface area contributed by atoms with Crippen LogP contribution in [0, 0.1) is 0 Å². The van der Waals surface area contributed by atoms with E-state index in [1.807, 2.05) is 12.1 Å². The van der Waals surface area contributed by atoms with Gasteiger partial charge in [0.25, 0.3) is 0 Å². The maximum Gasteiger partial charge on any atom is 0.312 e. The van der Waals surface area contributed by atoms with Gasteiger partial charge in [0.2, 0.25) is 0 Å². The van der Waals surface area contributed by atoms with Gasteiger partial charge in [-0.25, -0.2) is 4.68 Å². The third kappa shape index (κ3) is 3.03. The minimum absolute atomic E-state index is 0.452. The number of halogens is 3. The molecule has 26 heavy (non-hydrogen) atoms. The maximum atomic E-state index is 11.7. The maximum absolute atomic E-state index is 11.7. The summed E-state index contributed by atoms with van der Waals surface area (Å²) in [5, 5.41) is 15.3. The van der Waals surface area contributed by atoms with Crippen LogP contribution in [0.4, 0.5) is 0 Å². The lowest BCUT2D eigenvalue weighted by Gasteiger charge is -2.17. The average molecular weight is 428 g/mol. The van der Waals surface area contributed by atoms with E-state index in [0.29, 0.717) is 32.2 Å². The van der Waals surface area contributed by atoms with Crippen molar-refractivity contribution in [2.75, 3.05) is 0 Å². The molecule has 0 bridgehead atoms. The van der Waals surface area contributed by atoms with E-state index in [1.54, 1.807) is 22.9 Å². The molecule has 0 fully saturated rings. The molecule has 3 aromatic rings. The first-order valence-electron chi connectivity index (χ1n) is 8.01. The third-order valence-electron chi connectivity index (χ3n) is 4.51. The second-order valence-corrected chi connectivity index (χ2v) is 8.67. The number of rotatable bonds is 3. The van der Waals surface area contributed by atoms with Gasteiger partial charge >= 0.3 is 5.97 Å². The lowest BCUT2D eigenvalue weighted by molar-refractivity contribution is -0.139. The second kappa shape index (κ2) is 6.89. The number of thiophene rings is 1. The number of aliphatic carboxylic acids is 1. The minimum Gasteiger partial charge on any atom is -0.481 e.